The molecular formula is C19H27N5O3S. The fourth-order valence-corrected chi connectivity index (χ4v) is 3.37. The third kappa shape index (κ3) is 5.91. The molecule has 1 atom stereocenters. The molecule has 0 bridgehead atoms. The summed E-state index contributed by atoms with van der Waals surface area (Å²) in [4.78, 5) is 25.8. The molecule has 0 spiro atoms. The lowest BCUT2D eigenvalue weighted by Crippen LogP contribution is -2.38. The molecule has 2 aromatic rings. The molecule has 152 valence electrons. The molecule has 2 rings (SSSR count). The molecule has 0 aliphatic rings. The van der Waals surface area contributed by atoms with Gasteiger partial charge in [-0.05, 0) is 39.3 Å². The first-order chi connectivity index (χ1) is 13.5. The Balaban J connectivity index is 2.10. The van der Waals surface area contributed by atoms with Gasteiger partial charge in [-0.2, -0.15) is 0 Å². The highest BCUT2D eigenvalue weighted by Crippen LogP contribution is 2.24. The predicted octanol–water partition coefficient (Wildman–Crippen LogP) is 2.85. The van der Waals surface area contributed by atoms with Crippen molar-refractivity contribution in [3.05, 3.63) is 39.5 Å². The van der Waals surface area contributed by atoms with E-state index in [1.54, 1.807) is 20.2 Å². The van der Waals surface area contributed by atoms with Gasteiger partial charge < -0.3 is 20.1 Å². The summed E-state index contributed by atoms with van der Waals surface area (Å²) < 4.78 is 10.2. The van der Waals surface area contributed by atoms with E-state index < -0.39 is 0 Å². The number of aromatic nitrogens is 2. The molecule has 0 saturated heterocycles. The van der Waals surface area contributed by atoms with Gasteiger partial charge >= 0.3 is 5.97 Å². The van der Waals surface area contributed by atoms with Crippen molar-refractivity contribution in [2.45, 2.75) is 40.3 Å². The van der Waals surface area contributed by atoms with Gasteiger partial charge in [0.2, 0.25) is 5.88 Å². The minimum Gasteiger partial charge on any atom is -0.481 e. The second-order valence-electron chi connectivity index (χ2n) is 5.95. The summed E-state index contributed by atoms with van der Waals surface area (Å²) in [6, 6.07) is 3.64. The number of nitrogens with zero attached hydrogens (tertiary/aromatic N) is 3. The largest absolute Gasteiger partial charge is 0.481 e. The molecule has 28 heavy (non-hydrogen) atoms. The second kappa shape index (κ2) is 10.6. The highest BCUT2D eigenvalue weighted by atomic mass is 32.1. The van der Waals surface area contributed by atoms with Crippen molar-refractivity contribution in [1.29, 1.82) is 0 Å². The first kappa shape index (κ1) is 21.6. The normalized spacial score (nSPS) is 12.4. The van der Waals surface area contributed by atoms with Gasteiger partial charge in [-0.3, -0.25) is 0 Å². The zero-order valence-electron chi connectivity index (χ0n) is 16.9. The molecule has 0 aromatic carbocycles. The fourth-order valence-electron chi connectivity index (χ4n) is 2.41. The third-order valence-electron chi connectivity index (χ3n) is 3.77. The average Bonchev–Trinajstić information content (AvgIpc) is 3.08. The zero-order valence-corrected chi connectivity index (χ0v) is 17.7. The summed E-state index contributed by atoms with van der Waals surface area (Å²) in [7, 11) is 1.59. The summed E-state index contributed by atoms with van der Waals surface area (Å²) in [6.45, 7) is 9.14. The molecular weight excluding hydrogens is 378 g/mol. The molecule has 2 aromatic heterocycles. The van der Waals surface area contributed by atoms with Crippen LogP contribution < -0.4 is 15.4 Å². The number of carbonyl (C=O) groups excluding carboxylic acids is 1. The minimum atomic E-state index is -0.330. The van der Waals surface area contributed by atoms with E-state index in [1.807, 2.05) is 32.9 Å². The highest BCUT2D eigenvalue weighted by molar-refractivity contribution is 7.13. The summed E-state index contributed by atoms with van der Waals surface area (Å²) in [5.41, 5.74) is 1.67. The molecule has 1 unspecified atom stereocenters. The van der Waals surface area contributed by atoms with Crippen molar-refractivity contribution >= 4 is 23.3 Å². The first-order valence-corrected chi connectivity index (χ1v) is 9.98. The SMILES string of the molecule is CCNC(=NCc1ccnc(OC)c1)NC(C)c1nc(C)c(C(=O)OCC)s1. The number of hydrogen-bond donors (Lipinski definition) is 2. The Morgan fingerprint density at radius 2 is 2.18 bits per heavy atom. The van der Waals surface area contributed by atoms with Gasteiger partial charge in [0.15, 0.2) is 5.96 Å². The number of rotatable bonds is 8. The van der Waals surface area contributed by atoms with E-state index in [-0.39, 0.29) is 12.0 Å². The van der Waals surface area contributed by atoms with Crippen molar-refractivity contribution in [3.63, 3.8) is 0 Å². The van der Waals surface area contributed by atoms with Crippen LogP contribution in [0.4, 0.5) is 0 Å². The fraction of sp³-hybridized carbons (Fsp3) is 0.474. The number of esters is 1. The van der Waals surface area contributed by atoms with Gasteiger partial charge in [-0.1, -0.05) is 0 Å². The average molecular weight is 406 g/mol. The summed E-state index contributed by atoms with van der Waals surface area (Å²) in [6.07, 6.45) is 1.70. The number of thiazole rings is 1. The van der Waals surface area contributed by atoms with Crippen LogP contribution in [0.2, 0.25) is 0 Å². The Hall–Kier alpha value is -2.68. The van der Waals surface area contributed by atoms with E-state index in [9.17, 15) is 4.79 Å². The van der Waals surface area contributed by atoms with Crippen LogP contribution in [-0.4, -0.2) is 42.2 Å². The van der Waals surface area contributed by atoms with Crippen molar-refractivity contribution in [3.8, 4) is 5.88 Å². The number of aryl methyl sites for hydroxylation is 1. The number of methoxy groups -OCH3 is 1. The summed E-state index contributed by atoms with van der Waals surface area (Å²) in [5.74, 6) is 0.892. The van der Waals surface area contributed by atoms with Gasteiger partial charge in [0.05, 0.1) is 32.0 Å². The number of hydrogen-bond acceptors (Lipinski definition) is 7. The number of carbonyl (C=O) groups is 1. The molecule has 0 aliphatic heterocycles. The van der Waals surface area contributed by atoms with Gasteiger partial charge in [0.1, 0.15) is 9.88 Å². The van der Waals surface area contributed by atoms with Crippen molar-refractivity contribution in [1.82, 2.24) is 20.6 Å². The van der Waals surface area contributed by atoms with Crippen molar-refractivity contribution < 1.29 is 14.3 Å². The number of nitrogens with one attached hydrogen (secondary N) is 2. The van der Waals surface area contributed by atoms with Crippen molar-refractivity contribution in [2.24, 2.45) is 4.99 Å². The lowest BCUT2D eigenvalue weighted by atomic mass is 10.3. The van der Waals surface area contributed by atoms with E-state index in [4.69, 9.17) is 9.47 Å². The smallest absolute Gasteiger partial charge is 0.350 e. The molecule has 0 fully saturated rings. The molecule has 8 nitrogen and oxygen atoms in total. The van der Waals surface area contributed by atoms with Crippen LogP contribution in [0.15, 0.2) is 23.3 Å². The van der Waals surface area contributed by atoms with Gasteiger partial charge in [0, 0.05) is 18.8 Å². The maximum atomic E-state index is 12.0. The number of aliphatic imine (C=N–C) groups is 1. The van der Waals surface area contributed by atoms with E-state index in [0.29, 0.717) is 35.6 Å². The Labute approximate surface area is 169 Å². The number of ether oxygens (including phenoxy) is 2. The van der Waals surface area contributed by atoms with Crippen LogP contribution in [0.25, 0.3) is 0 Å². The topological polar surface area (TPSA) is 97.7 Å². The summed E-state index contributed by atoms with van der Waals surface area (Å²) in [5, 5.41) is 7.36. The maximum absolute atomic E-state index is 12.0. The molecule has 0 radical (unpaired) electrons. The van der Waals surface area contributed by atoms with Gasteiger partial charge in [-0.25, -0.2) is 19.8 Å². The van der Waals surface area contributed by atoms with Crippen LogP contribution in [0.5, 0.6) is 5.88 Å². The van der Waals surface area contributed by atoms with Gasteiger partial charge in [-0.15, -0.1) is 11.3 Å². The van der Waals surface area contributed by atoms with E-state index in [0.717, 1.165) is 17.1 Å². The molecule has 2 N–H and O–H groups in total. The van der Waals surface area contributed by atoms with Crippen LogP contribution in [0, 0.1) is 6.92 Å². The van der Waals surface area contributed by atoms with Gasteiger partial charge in [0.25, 0.3) is 0 Å². The second-order valence-corrected chi connectivity index (χ2v) is 6.99. The summed E-state index contributed by atoms with van der Waals surface area (Å²) >= 11 is 1.34. The first-order valence-electron chi connectivity index (χ1n) is 9.16. The Morgan fingerprint density at radius 3 is 2.86 bits per heavy atom. The van der Waals surface area contributed by atoms with Crippen LogP contribution in [0.1, 0.15) is 52.7 Å². The number of guanidine groups is 1. The monoisotopic (exact) mass is 405 g/mol. The lowest BCUT2D eigenvalue weighted by Gasteiger charge is -2.16. The van der Waals surface area contributed by atoms with E-state index >= 15 is 0 Å². The molecule has 0 aliphatic carbocycles. The zero-order chi connectivity index (χ0) is 20.5. The van der Waals surface area contributed by atoms with Crippen molar-refractivity contribution in [2.75, 3.05) is 20.3 Å². The number of pyridine rings is 1. The van der Waals surface area contributed by atoms with Crippen LogP contribution in [0.3, 0.4) is 0 Å². The third-order valence-corrected chi connectivity index (χ3v) is 5.09. The maximum Gasteiger partial charge on any atom is 0.350 e. The van der Waals surface area contributed by atoms with Crippen LogP contribution >= 0.6 is 11.3 Å². The Bertz CT molecular complexity index is 822. The molecule has 0 saturated carbocycles. The van der Waals surface area contributed by atoms with E-state index in [2.05, 4.69) is 25.6 Å². The van der Waals surface area contributed by atoms with Crippen LogP contribution in [-0.2, 0) is 11.3 Å². The standard InChI is InChI=1S/C19H27N5O3S/c1-6-20-19(22-11-14-8-9-21-15(10-14)26-5)24-13(4)17-23-12(3)16(28-17)18(25)27-7-2/h8-10,13H,6-7,11H2,1-5H3,(H2,20,22,24). The molecule has 2 heterocycles. The Morgan fingerprint density at radius 1 is 1.39 bits per heavy atom. The predicted molar refractivity (Wildman–Crippen MR) is 110 cm³/mol. The Kier molecular flexibility index (Phi) is 8.19. The lowest BCUT2D eigenvalue weighted by molar-refractivity contribution is 0.0531. The molecule has 0 amide bonds. The minimum absolute atomic E-state index is 0.114. The van der Waals surface area contributed by atoms with E-state index in [1.165, 1.54) is 11.3 Å². The quantitative estimate of drug-likeness (QED) is 0.396. The molecule has 9 heteroatoms. The highest BCUT2D eigenvalue weighted by Gasteiger charge is 2.20.